The first kappa shape index (κ1) is 15.4. The van der Waals surface area contributed by atoms with Crippen LogP contribution in [0.4, 0.5) is 13.2 Å². The van der Waals surface area contributed by atoms with Gasteiger partial charge in [-0.1, -0.05) is 18.2 Å². The van der Waals surface area contributed by atoms with Crippen molar-refractivity contribution < 1.29 is 13.2 Å². The SMILES string of the molecule is FC(F)(F)c1ccccc1-c1nn(C2CC3(CNC3)C2)cc1C1CC1. The van der Waals surface area contributed by atoms with Gasteiger partial charge in [-0.25, -0.2) is 0 Å². The summed E-state index contributed by atoms with van der Waals surface area (Å²) < 4.78 is 42.3. The van der Waals surface area contributed by atoms with E-state index in [0.717, 1.165) is 50.4 Å². The number of hydrogen-bond donors (Lipinski definition) is 1. The monoisotopic (exact) mass is 347 g/mol. The number of rotatable bonds is 3. The Labute approximate surface area is 144 Å². The van der Waals surface area contributed by atoms with E-state index in [-0.39, 0.29) is 5.56 Å². The standard InChI is InChI=1S/C19H20F3N3/c20-19(21,22)16-4-2-1-3-14(16)17-15(12-5-6-12)9-25(24-17)13-7-18(8-13)10-23-11-18/h1-4,9,12-13,23H,5-8,10-11H2. The molecule has 2 saturated carbocycles. The van der Waals surface area contributed by atoms with Crippen molar-refractivity contribution in [3.05, 3.63) is 41.6 Å². The largest absolute Gasteiger partial charge is 0.417 e. The van der Waals surface area contributed by atoms with Gasteiger partial charge in [-0.05, 0) is 43.1 Å². The zero-order chi connectivity index (χ0) is 17.2. The Morgan fingerprint density at radius 1 is 1.12 bits per heavy atom. The minimum atomic E-state index is -4.36. The number of nitrogens with zero attached hydrogens (tertiary/aromatic N) is 2. The number of aromatic nitrogens is 2. The van der Waals surface area contributed by atoms with Gasteiger partial charge in [0, 0.05) is 30.4 Å². The Kier molecular flexibility index (Phi) is 3.15. The summed E-state index contributed by atoms with van der Waals surface area (Å²) in [5.41, 5.74) is 1.57. The number of benzene rings is 1. The molecule has 1 aliphatic heterocycles. The molecule has 1 saturated heterocycles. The third-order valence-corrected chi connectivity index (χ3v) is 5.98. The van der Waals surface area contributed by atoms with E-state index in [1.807, 2.05) is 10.9 Å². The maximum absolute atomic E-state index is 13.4. The fraction of sp³-hybridized carbons (Fsp3) is 0.526. The number of hydrogen-bond acceptors (Lipinski definition) is 2. The number of halogens is 3. The van der Waals surface area contributed by atoms with Crippen LogP contribution in [-0.2, 0) is 6.18 Å². The molecule has 3 fully saturated rings. The minimum Gasteiger partial charge on any atom is -0.316 e. The molecule has 1 N–H and O–H groups in total. The smallest absolute Gasteiger partial charge is 0.316 e. The predicted octanol–water partition coefficient (Wildman–Crippen LogP) is 4.37. The molecule has 1 aromatic heterocycles. The second-order valence-corrected chi connectivity index (χ2v) is 7.90. The van der Waals surface area contributed by atoms with E-state index in [4.69, 9.17) is 0 Å². The maximum atomic E-state index is 13.4. The van der Waals surface area contributed by atoms with Crippen LogP contribution in [0.15, 0.2) is 30.5 Å². The first-order valence-corrected chi connectivity index (χ1v) is 8.92. The molecule has 0 unspecified atom stereocenters. The molecular formula is C19H20F3N3. The van der Waals surface area contributed by atoms with Gasteiger partial charge < -0.3 is 5.32 Å². The summed E-state index contributed by atoms with van der Waals surface area (Å²) in [6, 6.07) is 6.15. The van der Waals surface area contributed by atoms with Crippen LogP contribution >= 0.6 is 0 Å². The lowest BCUT2D eigenvalue weighted by Gasteiger charge is -2.54. The van der Waals surface area contributed by atoms with E-state index >= 15 is 0 Å². The molecule has 5 rings (SSSR count). The van der Waals surface area contributed by atoms with Crippen LogP contribution in [0.2, 0.25) is 0 Å². The summed E-state index contributed by atoms with van der Waals surface area (Å²) in [5, 5.41) is 7.97. The van der Waals surface area contributed by atoms with E-state index in [2.05, 4.69) is 10.4 Å². The average Bonchev–Trinajstić information content (AvgIpc) is 3.24. The highest BCUT2D eigenvalue weighted by Gasteiger charge is 2.49. The van der Waals surface area contributed by atoms with Gasteiger partial charge in [0.15, 0.2) is 0 Å². The van der Waals surface area contributed by atoms with Gasteiger partial charge in [0.05, 0.1) is 17.3 Å². The third-order valence-electron chi connectivity index (χ3n) is 5.98. The van der Waals surface area contributed by atoms with E-state index in [1.54, 1.807) is 12.1 Å². The lowest BCUT2D eigenvalue weighted by atomic mass is 9.62. The van der Waals surface area contributed by atoms with Crippen LogP contribution in [-0.4, -0.2) is 22.9 Å². The summed E-state index contributed by atoms with van der Waals surface area (Å²) in [6.45, 7) is 2.12. The van der Waals surface area contributed by atoms with Crippen molar-refractivity contribution in [3.63, 3.8) is 0 Å². The third kappa shape index (κ3) is 2.49. The Balaban J connectivity index is 1.53. The minimum absolute atomic E-state index is 0.218. The lowest BCUT2D eigenvalue weighted by Crippen LogP contribution is -2.60. The van der Waals surface area contributed by atoms with Gasteiger partial charge >= 0.3 is 6.18 Å². The quantitative estimate of drug-likeness (QED) is 0.893. The van der Waals surface area contributed by atoms with Crippen molar-refractivity contribution in [2.24, 2.45) is 5.41 Å². The van der Waals surface area contributed by atoms with Gasteiger partial charge in [-0.15, -0.1) is 0 Å². The van der Waals surface area contributed by atoms with Crippen molar-refractivity contribution in [3.8, 4) is 11.3 Å². The summed E-state index contributed by atoms with van der Waals surface area (Å²) in [5.74, 6) is 0.365. The molecule has 2 aliphatic carbocycles. The molecular weight excluding hydrogens is 327 g/mol. The van der Waals surface area contributed by atoms with E-state index in [0.29, 0.717) is 23.1 Å². The van der Waals surface area contributed by atoms with Crippen molar-refractivity contribution >= 4 is 0 Å². The van der Waals surface area contributed by atoms with Crippen molar-refractivity contribution in [1.29, 1.82) is 0 Å². The van der Waals surface area contributed by atoms with E-state index in [1.165, 1.54) is 6.07 Å². The van der Waals surface area contributed by atoms with Gasteiger partial charge in [-0.2, -0.15) is 18.3 Å². The van der Waals surface area contributed by atoms with Gasteiger partial charge in [0.1, 0.15) is 0 Å². The maximum Gasteiger partial charge on any atom is 0.417 e. The first-order chi connectivity index (χ1) is 12.0. The molecule has 3 aliphatic rings. The van der Waals surface area contributed by atoms with E-state index in [9.17, 15) is 13.2 Å². The summed E-state index contributed by atoms with van der Waals surface area (Å²) >= 11 is 0. The van der Waals surface area contributed by atoms with Crippen LogP contribution < -0.4 is 5.32 Å². The Hall–Kier alpha value is -1.82. The average molecular weight is 347 g/mol. The Morgan fingerprint density at radius 2 is 1.84 bits per heavy atom. The first-order valence-electron chi connectivity index (χ1n) is 8.92. The fourth-order valence-corrected chi connectivity index (χ4v) is 4.33. The van der Waals surface area contributed by atoms with Gasteiger partial charge in [0.25, 0.3) is 0 Å². The Morgan fingerprint density at radius 3 is 2.44 bits per heavy atom. The summed E-state index contributed by atoms with van der Waals surface area (Å²) in [7, 11) is 0. The molecule has 25 heavy (non-hydrogen) atoms. The van der Waals surface area contributed by atoms with Crippen molar-refractivity contribution in [1.82, 2.24) is 15.1 Å². The molecule has 132 valence electrons. The molecule has 0 radical (unpaired) electrons. The van der Waals surface area contributed by atoms with Crippen molar-refractivity contribution in [2.75, 3.05) is 13.1 Å². The molecule has 0 bridgehead atoms. The second kappa shape index (κ2) is 5.10. The molecule has 1 aromatic carbocycles. The van der Waals surface area contributed by atoms with Crippen LogP contribution in [0, 0.1) is 5.41 Å². The highest BCUT2D eigenvalue weighted by Crippen LogP contribution is 2.52. The van der Waals surface area contributed by atoms with Gasteiger partial charge in [-0.3, -0.25) is 4.68 Å². The molecule has 1 spiro atoms. The molecule has 2 heterocycles. The van der Waals surface area contributed by atoms with Crippen LogP contribution in [0.5, 0.6) is 0 Å². The molecule has 0 atom stereocenters. The van der Waals surface area contributed by atoms with Crippen molar-refractivity contribution in [2.45, 2.75) is 43.8 Å². The second-order valence-electron chi connectivity index (χ2n) is 7.90. The number of alkyl halides is 3. The topological polar surface area (TPSA) is 29.9 Å². The highest BCUT2D eigenvalue weighted by atomic mass is 19.4. The Bertz CT molecular complexity index is 808. The zero-order valence-electron chi connectivity index (χ0n) is 13.8. The molecule has 3 nitrogen and oxygen atoms in total. The summed E-state index contributed by atoms with van der Waals surface area (Å²) in [6.07, 6.45) is 1.90. The lowest BCUT2D eigenvalue weighted by molar-refractivity contribution is -0.137. The molecule has 6 heteroatoms. The highest BCUT2D eigenvalue weighted by molar-refractivity contribution is 5.68. The normalized spacial score (nSPS) is 22.7. The zero-order valence-corrected chi connectivity index (χ0v) is 13.8. The fourth-order valence-electron chi connectivity index (χ4n) is 4.33. The van der Waals surface area contributed by atoms with Gasteiger partial charge in [0.2, 0.25) is 0 Å². The van der Waals surface area contributed by atoms with Crippen LogP contribution in [0.1, 0.15) is 48.8 Å². The number of nitrogens with one attached hydrogen (secondary N) is 1. The summed E-state index contributed by atoms with van der Waals surface area (Å²) in [4.78, 5) is 0. The predicted molar refractivity (Wildman–Crippen MR) is 88.2 cm³/mol. The van der Waals surface area contributed by atoms with Crippen LogP contribution in [0.3, 0.4) is 0 Å². The van der Waals surface area contributed by atoms with E-state index < -0.39 is 11.7 Å². The molecule has 2 aromatic rings. The molecule has 0 amide bonds. The van der Waals surface area contributed by atoms with Crippen LogP contribution in [0.25, 0.3) is 11.3 Å².